The van der Waals surface area contributed by atoms with Gasteiger partial charge in [0.2, 0.25) is 5.95 Å². The maximum absolute atomic E-state index is 9.26. The smallest absolute Gasteiger partial charge is 0.231 e. The molecule has 0 amide bonds. The molecule has 3 rings (SSSR count). The molecule has 0 aliphatic carbocycles. The molecule has 0 aromatic carbocycles. The van der Waals surface area contributed by atoms with Crippen LogP contribution in [-0.2, 0) is 5.54 Å². The van der Waals surface area contributed by atoms with E-state index in [9.17, 15) is 10.5 Å². The zero-order chi connectivity index (χ0) is 18.9. The average molecular weight is 370 g/mol. The summed E-state index contributed by atoms with van der Waals surface area (Å²) in [4.78, 5) is 11.8. The van der Waals surface area contributed by atoms with Crippen molar-refractivity contribution < 1.29 is 0 Å². The van der Waals surface area contributed by atoms with Crippen molar-refractivity contribution in [1.82, 2.24) is 24.7 Å². The molecule has 132 valence electrons. The van der Waals surface area contributed by atoms with E-state index in [0.717, 1.165) is 0 Å². The number of H-pyrrole nitrogens is 1. The second-order valence-electron chi connectivity index (χ2n) is 6.02. The predicted octanol–water partition coefficient (Wildman–Crippen LogP) is 3.11. The van der Waals surface area contributed by atoms with Crippen LogP contribution in [0.1, 0.15) is 26.3 Å². The maximum Gasteiger partial charge on any atom is 0.231 e. The quantitative estimate of drug-likeness (QED) is 0.629. The number of fused-ring (bicyclic) bond motifs is 1. The molecule has 3 heterocycles. The highest BCUT2D eigenvalue weighted by Crippen LogP contribution is 2.30. The van der Waals surface area contributed by atoms with E-state index in [1.165, 1.54) is 10.9 Å². The van der Waals surface area contributed by atoms with E-state index < -0.39 is 5.54 Å². The fourth-order valence-corrected chi connectivity index (χ4v) is 2.80. The van der Waals surface area contributed by atoms with Gasteiger partial charge in [-0.1, -0.05) is 11.6 Å². The summed E-state index contributed by atoms with van der Waals surface area (Å²) in [6, 6.07) is 4.26. The van der Waals surface area contributed by atoms with Gasteiger partial charge >= 0.3 is 0 Å². The molecule has 3 N–H and O–H groups in total. The molecule has 9 nitrogen and oxygen atoms in total. The number of anilines is 3. The Balaban J connectivity index is 2.03. The molecule has 3 aromatic heterocycles. The van der Waals surface area contributed by atoms with Crippen molar-refractivity contribution in [2.45, 2.75) is 26.3 Å². The molecule has 10 heteroatoms. The lowest BCUT2D eigenvalue weighted by Crippen LogP contribution is -2.25. The lowest BCUT2D eigenvalue weighted by molar-refractivity contribution is 0.419. The van der Waals surface area contributed by atoms with Crippen LogP contribution in [0, 0.1) is 22.7 Å². The van der Waals surface area contributed by atoms with E-state index >= 15 is 0 Å². The third-order valence-corrected chi connectivity index (χ3v) is 4.12. The SMILES string of the molecule is CCNc1nc(Nc2cnn(C(C)(C)C#N)c2Cl)nc2[nH]cc(C#N)c12. The number of nitrogens with zero attached hydrogens (tertiary/aromatic N) is 6. The Morgan fingerprint density at radius 1 is 1.35 bits per heavy atom. The van der Waals surface area contributed by atoms with Gasteiger partial charge in [0.05, 0.1) is 28.9 Å². The summed E-state index contributed by atoms with van der Waals surface area (Å²) in [5, 5.41) is 29.7. The monoisotopic (exact) mass is 369 g/mol. The Morgan fingerprint density at radius 2 is 2.12 bits per heavy atom. The number of aromatic amines is 1. The number of halogens is 1. The molecule has 0 spiro atoms. The third-order valence-electron chi connectivity index (χ3n) is 3.76. The van der Waals surface area contributed by atoms with E-state index in [0.29, 0.717) is 34.6 Å². The second-order valence-corrected chi connectivity index (χ2v) is 6.38. The van der Waals surface area contributed by atoms with Gasteiger partial charge in [0, 0.05) is 12.7 Å². The molecule has 0 aliphatic heterocycles. The highest BCUT2D eigenvalue weighted by molar-refractivity contribution is 6.32. The second kappa shape index (κ2) is 6.54. The first kappa shape index (κ1) is 17.5. The zero-order valence-electron chi connectivity index (χ0n) is 14.4. The van der Waals surface area contributed by atoms with Crippen LogP contribution < -0.4 is 10.6 Å². The standard InChI is InChI=1S/C16H16ClN9/c1-4-20-13-11-9(5-18)6-21-14(11)25-15(24-13)23-10-7-22-26(12(10)17)16(2,3)8-19/h6-7H,4H2,1-3H3,(H3,20,21,23,24,25). The van der Waals surface area contributed by atoms with Gasteiger partial charge in [-0.15, -0.1) is 0 Å². The minimum atomic E-state index is -0.891. The summed E-state index contributed by atoms with van der Waals surface area (Å²) in [5.74, 6) is 0.828. The van der Waals surface area contributed by atoms with Gasteiger partial charge in [0.15, 0.2) is 5.15 Å². The molecule has 0 radical (unpaired) electrons. The van der Waals surface area contributed by atoms with E-state index in [1.54, 1.807) is 20.0 Å². The number of aromatic nitrogens is 5. The molecule has 0 unspecified atom stereocenters. The average Bonchev–Trinajstić information content (AvgIpc) is 3.19. The Bertz CT molecular complexity index is 1050. The largest absolute Gasteiger partial charge is 0.370 e. The fraction of sp³-hybridized carbons (Fsp3) is 0.312. The summed E-state index contributed by atoms with van der Waals surface area (Å²) in [5.41, 5.74) is 0.571. The summed E-state index contributed by atoms with van der Waals surface area (Å²) in [6.07, 6.45) is 3.10. The molecule has 3 aromatic rings. The number of nitriles is 2. The van der Waals surface area contributed by atoms with Crippen LogP contribution >= 0.6 is 11.6 Å². The predicted molar refractivity (Wildman–Crippen MR) is 98.2 cm³/mol. The topological polar surface area (TPSA) is 131 Å². The molecule has 0 saturated carbocycles. The molecule has 0 aliphatic rings. The highest BCUT2D eigenvalue weighted by atomic mass is 35.5. The van der Waals surface area contributed by atoms with Gasteiger partial charge < -0.3 is 15.6 Å². The molecule has 26 heavy (non-hydrogen) atoms. The fourth-order valence-electron chi connectivity index (χ4n) is 2.45. The lowest BCUT2D eigenvalue weighted by atomic mass is 10.1. The van der Waals surface area contributed by atoms with Crippen molar-refractivity contribution in [3.05, 3.63) is 23.1 Å². The van der Waals surface area contributed by atoms with E-state index in [2.05, 4.69) is 42.8 Å². The van der Waals surface area contributed by atoms with Crippen molar-refractivity contribution >= 4 is 40.1 Å². The normalized spacial score (nSPS) is 11.2. The summed E-state index contributed by atoms with van der Waals surface area (Å²) in [7, 11) is 0. The van der Waals surface area contributed by atoms with Gasteiger partial charge in [-0.25, -0.2) is 4.68 Å². The summed E-state index contributed by atoms with van der Waals surface area (Å²) < 4.78 is 1.42. The van der Waals surface area contributed by atoms with Crippen molar-refractivity contribution in [3.8, 4) is 12.1 Å². The van der Waals surface area contributed by atoms with Gasteiger partial charge in [-0.05, 0) is 20.8 Å². The van der Waals surface area contributed by atoms with Crippen LogP contribution in [0.4, 0.5) is 17.5 Å². The van der Waals surface area contributed by atoms with Gasteiger partial charge in [-0.2, -0.15) is 25.6 Å². The number of rotatable bonds is 5. The summed E-state index contributed by atoms with van der Waals surface area (Å²) in [6.45, 7) is 5.99. The van der Waals surface area contributed by atoms with Crippen LogP contribution in [0.15, 0.2) is 12.4 Å². The molecule has 0 atom stereocenters. The van der Waals surface area contributed by atoms with Crippen LogP contribution in [-0.4, -0.2) is 31.3 Å². The van der Waals surface area contributed by atoms with Gasteiger partial charge in [0.1, 0.15) is 23.1 Å². The van der Waals surface area contributed by atoms with Crippen LogP contribution in [0.2, 0.25) is 5.15 Å². The highest BCUT2D eigenvalue weighted by Gasteiger charge is 2.25. The van der Waals surface area contributed by atoms with Crippen molar-refractivity contribution in [3.63, 3.8) is 0 Å². The van der Waals surface area contributed by atoms with Crippen LogP contribution in [0.5, 0.6) is 0 Å². The first-order valence-corrected chi connectivity index (χ1v) is 8.24. The third kappa shape index (κ3) is 2.89. The van der Waals surface area contributed by atoms with Crippen molar-refractivity contribution in [1.29, 1.82) is 10.5 Å². The molecule has 0 saturated heterocycles. The minimum Gasteiger partial charge on any atom is -0.370 e. The zero-order valence-corrected chi connectivity index (χ0v) is 15.2. The van der Waals surface area contributed by atoms with Crippen molar-refractivity contribution in [2.24, 2.45) is 0 Å². The maximum atomic E-state index is 9.26. The number of nitrogens with one attached hydrogen (secondary N) is 3. The Morgan fingerprint density at radius 3 is 2.77 bits per heavy atom. The molecule has 0 bridgehead atoms. The van der Waals surface area contributed by atoms with Gasteiger partial charge in [-0.3, -0.25) is 0 Å². The van der Waals surface area contributed by atoms with Crippen LogP contribution in [0.25, 0.3) is 11.0 Å². The van der Waals surface area contributed by atoms with Crippen molar-refractivity contribution in [2.75, 3.05) is 17.2 Å². The first-order chi connectivity index (χ1) is 12.4. The van der Waals surface area contributed by atoms with E-state index in [4.69, 9.17) is 11.6 Å². The minimum absolute atomic E-state index is 0.273. The number of hydrogen-bond donors (Lipinski definition) is 3. The molecular weight excluding hydrogens is 354 g/mol. The molecule has 0 fully saturated rings. The molecular formula is C16H16ClN9. The lowest BCUT2D eigenvalue weighted by Gasteiger charge is -2.17. The Hall–Kier alpha value is -3.30. The van der Waals surface area contributed by atoms with Crippen LogP contribution in [0.3, 0.4) is 0 Å². The van der Waals surface area contributed by atoms with E-state index in [1.807, 2.05) is 6.92 Å². The van der Waals surface area contributed by atoms with Gasteiger partial charge in [0.25, 0.3) is 0 Å². The van der Waals surface area contributed by atoms with E-state index in [-0.39, 0.29) is 11.1 Å². The Labute approximate surface area is 154 Å². The number of hydrogen-bond acceptors (Lipinski definition) is 7. The summed E-state index contributed by atoms with van der Waals surface area (Å²) >= 11 is 6.35. The Kier molecular flexibility index (Phi) is 4.41. The first-order valence-electron chi connectivity index (χ1n) is 7.86.